The van der Waals surface area contributed by atoms with Crippen LogP contribution in [0.2, 0.25) is 0 Å². The van der Waals surface area contributed by atoms with Gasteiger partial charge in [-0.3, -0.25) is 14.9 Å². The number of carbonyl (C=O) groups is 1. The van der Waals surface area contributed by atoms with E-state index >= 15 is 0 Å². The third-order valence-electron chi connectivity index (χ3n) is 5.05. The molecule has 0 radical (unpaired) electrons. The minimum absolute atomic E-state index is 0.0935. The maximum absolute atomic E-state index is 12.8. The highest BCUT2D eigenvalue weighted by Crippen LogP contribution is 2.26. The highest BCUT2D eigenvalue weighted by Gasteiger charge is 2.13. The van der Waals surface area contributed by atoms with Crippen LogP contribution in [0.3, 0.4) is 0 Å². The van der Waals surface area contributed by atoms with Gasteiger partial charge in [0.15, 0.2) is 0 Å². The van der Waals surface area contributed by atoms with E-state index in [1.807, 2.05) is 49.4 Å². The van der Waals surface area contributed by atoms with Crippen LogP contribution in [0.25, 0.3) is 10.8 Å². The minimum Gasteiger partial charge on any atom is -0.493 e. The Morgan fingerprint density at radius 2 is 1.73 bits per heavy atom. The number of hydrogen-bond acceptors (Lipinski definition) is 5. The highest BCUT2D eigenvalue weighted by molar-refractivity contribution is 6.04. The van der Waals surface area contributed by atoms with E-state index in [9.17, 15) is 14.9 Å². The number of benzene rings is 4. The summed E-state index contributed by atoms with van der Waals surface area (Å²) >= 11 is 0. The standard InChI is InChI=1S/C26H22N2O5/c1-2-32-25-13-11-20(26(29)27-22-8-5-9-23(16-22)28(30)31)14-21(25)17-33-24-12-10-18-6-3-4-7-19(18)15-24/h3-16H,2,17H2,1H3,(H,27,29). The number of anilines is 1. The number of amides is 1. The van der Waals surface area contributed by atoms with E-state index in [0.29, 0.717) is 29.4 Å². The molecule has 0 aliphatic rings. The average Bonchev–Trinajstić information content (AvgIpc) is 2.83. The summed E-state index contributed by atoms with van der Waals surface area (Å²) in [5.74, 6) is 0.957. The maximum Gasteiger partial charge on any atom is 0.271 e. The van der Waals surface area contributed by atoms with Crippen molar-refractivity contribution < 1.29 is 19.2 Å². The molecular formula is C26H22N2O5. The number of nitro groups is 1. The van der Waals surface area contributed by atoms with E-state index in [-0.39, 0.29) is 18.2 Å². The molecule has 7 heteroatoms. The van der Waals surface area contributed by atoms with Crippen molar-refractivity contribution in [3.8, 4) is 11.5 Å². The lowest BCUT2D eigenvalue weighted by molar-refractivity contribution is -0.384. The SMILES string of the molecule is CCOc1ccc(C(=O)Nc2cccc([N+](=O)[O-])c2)cc1COc1ccc2ccccc2c1. The molecule has 0 spiro atoms. The molecule has 0 saturated carbocycles. The molecule has 166 valence electrons. The topological polar surface area (TPSA) is 90.7 Å². The van der Waals surface area contributed by atoms with Gasteiger partial charge >= 0.3 is 0 Å². The third-order valence-corrected chi connectivity index (χ3v) is 5.05. The minimum atomic E-state index is -0.505. The van der Waals surface area contributed by atoms with Crippen LogP contribution in [0, 0.1) is 10.1 Å². The van der Waals surface area contributed by atoms with E-state index in [1.54, 1.807) is 24.3 Å². The zero-order valence-electron chi connectivity index (χ0n) is 18.0. The van der Waals surface area contributed by atoms with Gasteiger partial charge in [-0.25, -0.2) is 0 Å². The van der Waals surface area contributed by atoms with Crippen LogP contribution >= 0.6 is 0 Å². The fourth-order valence-electron chi connectivity index (χ4n) is 3.45. The number of carbonyl (C=O) groups excluding carboxylic acids is 1. The molecule has 4 rings (SSSR count). The molecule has 4 aromatic carbocycles. The van der Waals surface area contributed by atoms with Crippen LogP contribution < -0.4 is 14.8 Å². The summed E-state index contributed by atoms with van der Waals surface area (Å²) in [6.45, 7) is 2.57. The van der Waals surface area contributed by atoms with Crippen molar-refractivity contribution in [3.63, 3.8) is 0 Å². The number of hydrogen-bond donors (Lipinski definition) is 1. The van der Waals surface area contributed by atoms with Crippen molar-refractivity contribution in [3.05, 3.63) is 106 Å². The molecule has 1 amide bonds. The van der Waals surface area contributed by atoms with Gasteiger partial charge in [0.25, 0.3) is 11.6 Å². The normalized spacial score (nSPS) is 10.6. The quantitative estimate of drug-likeness (QED) is 0.268. The lowest BCUT2D eigenvalue weighted by Crippen LogP contribution is -2.13. The molecule has 0 heterocycles. The van der Waals surface area contributed by atoms with Crippen molar-refractivity contribution in [1.29, 1.82) is 0 Å². The summed E-state index contributed by atoms with van der Waals surface area (Å²) < 4.78 is 11.7. The van der Waals surface area contributed by atoms with E-state index in [1.165, 1.54) is 18.2 Å². The Bertz CT molecular complexity index is 1320. The number of non-ortho nitro benzene ring substituents is 1. The Morgan fingerprint density at radius 1 is 0.909 bits per heavy atom. The predicted octanol–water partition coefficient (Wildman–Crippen LogP) is 5.98. The Labute approximate surface area is 190 Å². The van der Waals surface area contributed by atoms with Crippen molar-refractivity contribution >= 4 is 28.1 Å². The van der Waals surface area contributed by atoms with Crippen molar-refractivity contribution in [2.24, 2.45) is 0 Å². The van der Waals surface area contributed by atoms with Crippen molar-refractivity contribution in [1.82, 2.24) is 0 Å². The monoisotopic (exact) mass is 442 g/mol. The number of nitrogens with zero attached hydrogens (tertiary/aromatic N) is 1. The number of ether oxygens (including phenoxy) is 2. The molecule has 4 aromatic rings. The summed E-state index contributed by atoms with van der Waals surface area (Å²) in [5, 5.41) is 15.9. The molecule has 7 nitrogen and oxygen atoms in total. The first-order chi connectivity index (χ1) is 16.0. The van der Waals surface area contributed by atoms with E-state index in [0.717, 1.165) is 16.3 Å². The second kappa shape index (κ2) is 9.82. The first kappa shape index (κ1) is 21.8. The Kier molecular flexibility index (Phi) is 6.50. The Balaban J connectivity index is 1.53. The zero-order valence-corrected chi connectivity index (χ0v) is 18.0. The average molecular weight is 442 g/mol. The van der Waals surface area contributed by atoms with E-state index in [4.69, 9.17) is 9.47 Å². The summed E-state index contributed by atoms with van der Waals surface area (Å²) in [5.41, 5.74) is 1.36. The van der Waals surface area contributed by atoms with Crippen LogP contribution in [-0.4, -0.2) is 17.4 Å². The van der Waals surface area contributed by atoms with Gasteiger partial charge in [0, 0.05) is 28.9 Å². The largest absolute Gasteiger partial charge is 0.493 e. The predicted molar refractivity (Wildman–Crippen MR) is 127 cm³/mol. The summed E-state index contributed by atoms with van der Waals surface area (Å²) in [7, 11) is 0. The molecule has 1 N–H and O–H groups in total. The number of rotatable bonds is 8. The lowest BCUT2D eigenvalue weighted by atomic mass is 10.1. The molecule has 0 saturated heterocycles. The third kappa shape index (κ3) is 5.27. The summed E-state index contributed by atoms with van der Waals surface area (Å²) in [4.78, 5) is 23.2. The van der Waals surface area contributed by atoms with Gasteiger partial charge in [-0.15, -0.1) is 0 Å². The first-order valence-electron chi connectivity index (χ1n) is 10.5. The van der Waals surface area contributed by atoms with Crippen molar-refractivity contribution in [2.75, 3.05) is 11.9 Å². The van der Waals surface area contributed by atoms with Gasteiger partial charge < -0.3 is 14.8 Å². The fourth-order valence-corrected chi connectivity index (χ4v) is 3.45. The Hall–Kier alpha value is -4.39. The molecule has 0 fully saturated rings. The highest BCUT2D eigenvalue weighted by atomic mass is 16.6. The fraction of sp³-hybridized carbons (Fsp3) is 0.115. The smallest absolute Gasteiger partial charge is 0.271 e. The van der Waals surface area contributed by atoms with Gasteiger partial charge in [0.2, 0.25) is 0 Å². The van der Waals surface area contributed by atoms with E-state index in [2.05, 4.69) is 5.32 Å². The van der Waals surface area contributed by atoms with Crippen LogP contribution in [0.1, 0.15) is 22.8 Å². The molecule has 0 aromatic heterocycles. The second-order valence-corrected chi connectivity index (χ2v) is 7.31. The van der Waals surface area contributed by atoms with Gasteiger partial charge in [-0.1, -0.05) is 36.4 Å². The zero-order chi connectivity index (χ0) is 23.2. The summed E-state index contributed by atoms with van der Waals surface area (Å²) in [6, 6.07) is 24.8. The molecule has 0 bridgehead atoms. The van der Waals surface area contributed by atoms with Gasteiger partial charge in [0.05, 0.1) is 11.5 Å². The summed E-state index contributed by atoms with van der Waals surface area (Å²) in [6.07, 6.45) is 0. The maximum atomic E-state index is 12.8. The van der Waals surface area contributed by atoms with Crippen LogP contribution in [0.15, 0.2) is 84.9 Å². The van der Waals surface area contributed by atoms with Crippen LogP contribution in [0.5, 0.6) is 11.5 Å². The molecule has 0 atom stereocenters. The second-order valence-electron chi connectivity index (χ2n) is 7.31. The number of nitrogens with one attached hydrogen (secondary N) is 1. The molecule has 0 aliphatic carbocycles. The first-order valence-corrected chi connectivity index (χ1v) is 10.5. The number of fused-ring (bicyclic) bond motifs is 1. The van der Waals surface area contributed by atoms with E-state index < -0.39 is 4.92 Å². The van der Waals surface area contributed by atoms with Gasteiger partial charge in [-0.05, 0) is 54.1 Å². The lowest BCUT2D eigenvalue weighted by Gasteiger charge is -2.14. The van der Waals surface area contributed by atoms with Crippen LogP contribution in [0.4, 0.5) is 11.4 Å². The van der Waals surface area contributed by atoms with Gasteiger partial charge in [-0.2, -0.15) is 0 Å². The van der Waals surface area contributed by atoms with Gasteiger partial charge in [0.1, 0.15) is 18.1 Å². The Morgan fingerprint density at radius 3 is 2.52 bits per heavy atom. The molecule has 0 unspecified atom stereocenters. The molecule has 0 aliphatic heterocycles. The molecule has 33 heavy (non-hydrogen) atoms. The number of nitro benzene ring substituents is 1. The van der Waals surface area contributed by atoms with Crippen molar-refractivity contribution in [2.45, 2.75) is 13.5 Å². The molecular weight excluding hydrogens is 420 g/mol. The van der Waals surface area contributed by atoms with Crippen LogP contribution in [-0.2, 0) is 6.61 Å².